The lowest BCUT2D eigenvalue weighted by Gasteiger charge is -2.06. The van der Waals surface area contributed by atoms with Gasteiger partial charge >= 0.3 is 0 Å². The van der Waals surface area contributed by atoms with Crippen LogP contribution in [-0.4, -0.2) is 9.38 Å². The number of hydrogen-bond acceptors (Lipinski definition) is 2. The van der Waals surface area contributed by atoms with E-state index in [-0.39, 0.29) is 5.88 Å². The minimum Gasteiger partial charge on any atom is -0.436 e. The molecule has 3 nitrogen and oxygen atoms in total. The standard InChI is InChI=1S/C14H9Cl3N2O/c15-8-11-14(18-13-3-1-2-6-19(11)13)20-12-7-9(16)4-5-10(12)17/h1-7H,8H2. The molecule has 0 aliphatic carbocycles. The summed E-state index contributed by atoms with van der Waals surface area (Å²) in [4.78, 5) is 4.40. The van der Waals surface area contributed by atoms with E-state index in [0.29, 0.717) is 21.7 Å². The third kappa shape index (κ3) is 2.44. The van der Waals surface area contributed by atoms with Crippen LogP contribution >= 0.6 is 34.8 Å². The first-order valence-corrected chi connectivity index (χ1v) is 7.13. The molecule has 0 unspecified atom stereocenters. The van der Waals surface area contributed by atoms with Crippen molar-refractivity contribution in [2.24, 2.45) is 0 Å². The summed E-state index contributed by atoms with van der Waals surface area (Å²) in [7, 11) is 0. The molecule has 0 spiro atoms. The van der Waals surface area contributed by atoms with Crippen LogP contribution in [0.4, 0.5) is 0 Å². The molecular weight excluding hydrogens is 319 g/mol. The second kappa shape index (κ2) is 5.52. The van der Waals surface area contributed by atoms with Gasteiger partial charge in [0.2, 0.25) is 5.88 Å². The van der Waals surface area contributed by atoms with Crippen LogP contribution in [0.2, 0.25) is 10.0 Å². The normalized spacial score (nSPS) is 10.9. The van der Waals surface area contributed by atoms with Gasteiger partial charge < -0.3 is 4.74 Å². The lowest BCUT2D eigenvalue weighted by Crippen LogP contribution is -1.92. The Morgan fingerprint density at radius 2 is 2.00 bits per heavy atom. The maximum Gasteiger partial charge on any atom is 0.242 e. The van der Waals surface area contributed by atoms with Crippen molar-refractivity contribution in [1.82, 2.24) is 9.38 Å². The molecule has 2 heterocycles. The molecule has 0 aliphatic heterocycles. The Morgan fingerprint density at radius 1 is 1.15 bits per heavy atom. The predicted octanol–water partition coefficient (Wildman–Crippen LogP) is 5.17. The third-order valence-electron chi connectivity index (χ3n) is 2.82. The highest BCUT2D eigenvalue weighted by molar-refractivity contribution is 6.34. The van der Waals surface area contributed by atoms with E-state index < -0.39 is 0 Å². The maximum absolute atomic E-state index is 6.09. The Kier molecular flexibility index (Phi) is 3.74. The maximum atomic E-state index is 6.09. The molecular formula is C14H9Cl3N2O. The van der Waals surface area contributed by atoms with E-state index in [2.05, 4.69) is 4.98 Å². The summed E-state index contributed by atoms with van der Waals surface area (Å²) in [6.07, 6.45) is 1.88. The highest BCUT2D eigenvalue weighted by atomic mass is 35.5. The number of ether oxygens (including phenoxy) is 1. The zero-order valence-electron chi connectivity index (χ0n) is 10.2. The summed E-state index contributed by atoms with van der Waals surface area (Å²) in [5, 5.41) is 1.01. The highest BCUT2D eigenvalue weighted by Crippen LogP contribution is 2.33. The average Bonchev–Trinajstić information content (AvgIpc) is 2.80. The first-order chi connectivity index (χ1) is 9.69. The van der Waals surface area contributed by atoms with Crippen LogP contribution < -0.4 is 4.74 Å². The van der Waals surface area contributed by atoms with Gasteiger partial charge in [-0.05, 0) is 24.3 Å². The van der Waals surface area contributed by atoms with E-state index >= 15 is 0 Å². The Hall–Kier alpha value is -1.42. The van der Waals surface area contributed by atoms with Gasteiger partial charge in [0.1, 0.15) is 17.1 Å². The molecule has 0 aliphatic rings. The number of halogens is 3. The number of alkyl halides is 1. The monoisotopic (exact) mass is 326 g/mol. The van der Waals surface area contributed by atoms with Gasteiger partial charge in [-0.2, -0.15) is 4.98 Å². The molecule has 3 aromatic rings. The van der Waals surface area contributed by atoms with Crippen molar-refractivity contribution in [2.75, 3.05) is 0 Å². The van der Waals surface area contributed by atoms with Crippen LogP contribution in [0.1, 0.15) is 5.69 Å². The van der Waals surface area contributed by atoms with Gasteiger partial charge in [-0.3, -0.25) is 4.40 Å². The van der Waals surface area contributed by atoms with Crippen LogP contribution in [0.3, 0.4) is 0 Å². The summed E-state index contributed by atoms with van der Waals surface area (Å²) < 4.78 is 7.64. The molecule has 0 radical (unpaired) electrons. The van der Waals surface area contributed by atoms with Crippen molar-refractivity contribution in [3.63, 3.8) is 0 Å². The van der Waals surface area contributed by atoms with E-state index in [1.54, 1.807) is 18.2 Å². The van der Waals surface area contributed by atoms with Crippen LogP contribution in [-0.2, 0) is 5.88 Å². The molecule has 0 fully saturated rings. The largest absolute Gasteiger partial charge is 0.436 e. The number of rotatable bonds is 3. The zero-order valence-corrected chi connectivity index (χ0v) is 12.5. The molecule has 0 bridgehead atoms. The number of fused-ring (bicyclic) bond motifs is 1. The molecule has 0 saturated carbocycles. The summed E-state index contributed by atoms with van der Waals surface area (Å²) in [6, 6.07) is 10.7. The van der Waals surface area contributed by atoms with Gasteiger partial charge in [-0.25, -0.2) is 0 Å². The first-order valence-electron chi connectivity index (χ1n) is 5.84. The Bertz CT molecular complexity index is 770. The predicted molar refractivity (Wildman–Crippen MR) is 81.3 cm³/mol. The van der Waals surface area contributed by atoms with E-state index in [1.165, 1.54) is 0 Å². The van der Waals surface area contributed by atoms with E-state index in [4.69, 9.17) is 39.5 Å². The van der Waals surface area contributed by atoms with Crippen LogP contribution in [0.5, 0.6) is 11.6 Å². The van der Waals surface area contributed by atoms with Crippen molar-refractivity contribution < 1.29 is 4.74 Å². The molecule has 0 saturated heterocycles. The molecule has 0 amide bonds. The van der Waals surface area contributed by atoms with E-state index in [0.717, 1.165) is 11.3 Å². The molecule has 0 N–H and O–H groups in total. The molecule has 102 valence electrons. The van der Waals surface area contributed by atoms with Crippen LogP contribution in [0, 0.1) is 0 Å². The second-order valence-electron chi connectivity index (χ2n) is 4.10. The van der Waals surface area contributed by atoms with Crippen molar-refractivity contribution in [3.8, 4) is 11.6 Å². The smallest absolute Gasteiger partial charge is 0.242 e. The van der Waals surface area contributed by atoms with E-state index in [1.807, 2.05) is 28.8 Å². The van der Waals surface area contributed by atoms with Gasteiger partial charge in [0, 0.05) is 17.3 Å². The molecule has 20 heavy (non-hydrogen) atoms. The number of hydrogen-bond donors (Lipinski definition) is 0. The highest BCUT2D eigenvalue weighted by Gasteiger charge is 2.14. The summed E-state index contributed by atoms with van der Waals surface area (Å²) >= 11 is 18.0. The second-order valence-corrected chi connectivity index (χ2v) is 5.21. The topological polar surface area (TPSA) is 26.5 Å². The average molecular weight is 328 g/mol. The van der Waals surface area contributed by atoms with Gasteiger partial charge in [0.15, 0.2) is 0 Å². The molecule has 0 atom stereocenters. The van der Waals surface area contributed by atoms with Crippen LogP contribution in [0.15, 0.2) is 42.6 Å². The minimum atomic E-state index is 0.276. The lowest BCUT2D eigenvalue weighted by molar-refractivity contribution is 0.462. The zero-order chi connectivity index (χ0) is 14.1. The minimum absolute atomic E-state index is 0.276. The van der Waals surface area contributed by atoms with Gasteiger partial charge in [0.05, 0.1) is 10.9 Å². The molecule has 6 heteroatoms. The molecule has 3 rings (SSSR count). The number of benzene rings is 1. The molecule has 2 aromatic heterocycles. The van der Waals surface area contributed by atoms with Crippen molar-refractivity contribution in [3.05, 3.63) is 58.3 Å². The Balaban J connectivity index is 2.08. The number of pyridine rings is 1. The van der Waals surface area contributed by atoms with Crippen molar-refractivity contribution >= 4 is 40.4 Å². The lowest BCUT2D eigenvalue weighted by atomic mass is 10.3. The summed E-state index contributed by atoms with van der Waals surface area (Å²) in [5.41, 5.74) is 1.52. The number of nitrogens with zero attached hydrogens (tertiary/aromatic N) is 2. The first kappa shape index (κ1) is 13.6. The fourth-order valence-electron chi connectivity index (χ4n) is 1.89. The van der Waals surface area contributed by atoms with Gasteiger partial charge in [-0.1, -0.05) is 29.3 Å². The SMILES string of the molecule is ClCc1c(Oc2cc(Cl)ccc2Cl)nc2ccccn12. The van der Waals surface area contributed by atoms with Crippen LogP contribution in [0.25, 0.3) is 5.65 Å². The van der Waals surface area contributed by atoms with E-state index in [9.17, 15) is 0 Å². The Morgan fingerprint density at radius 3 is 2.80 bits per heavy atom. The number of aromatic nitrogens is 2. The summed E-state index contributed by atoms with van der Waals surface area (Å²) in [6.45, 7) is 0. The number of imidazole rings is 1. The molecule has 1 aromatic carbocycles. The summed E-state index contributed by atoms with van der Waals surface area (Å²) in [5.74, 6) is 1.16. The quantitative estimate of drug-likeness (QED) is 0.620. The van der Waals surface area contributed by atoms with Crippen molar-refractivity contribution in [2.45, 2.75) is 5.88 Å². The van der Waals surface area contributed by atoms with Gasteiger partial charge in [0.25, 0.3) is 0 Å². The Labute approximate surface area is 130 Å². The van der Waals surface area contributed by atoms with Crippen molar-refractivity contribution in [1.29, 1.82) is 0 Å². The fraction of sp³-hybridized carbons (Fsp3) is 0.0714. The third-order valence-corrected chi connectivity index (χ3v) is 3.62. The fourth-order valence-corrected chi connectivity index (χ4v) is 2.45. The van der Waals surface area contributed by atoms with Gasteiger partial charge in [-0.15, -0.1) is 11.6 Å².